The summed E-state index contributed by atoms with van der Waals surface area (Å²) >= 11 is -7.88. The van der Waals surface area contributed by atoms with Crippen molar-refractivity contribution in [3.05, 3.63) is 284 Å². The second-order valence-electron chi connectivity index (χ2n) is 15.6. The van der Waals surface area contributed by atoms with Crippen LogP contribution in [0.2, 0.25) is 0 Å². The molecule has 0 fully saturated rings. The van der Waals surface area contributed by atoms with E-state index in [1.165, 1.54) is 0 Å². The predicted octanol–water partition coefficient (Wildman–Crippen LogP) is 14.1. The summed E-state index contributed by atoms with van der Waals surface area (Å²) in [5.41, 5.74) is -12.0. The van der Waals surface area contributed by atoms with E-state index in [1.807, 2.05) is 0 Å². The number of hydrogen-bond acceptors (Lipinski definition) is 3. The molecule has 0 saturated heterocycles. The fourth-order valence-electron chi connectivity index (χ4n) is 8.48. The van der Waals surface area contributed by atoms with Crippen LogP contribution in [0.3, 0.4) is 0 Å². The molecular weight excluding hydrogens is 971 g/mol. The molecule has 0 aliphatic heterocycles. The van der Waals surface area contributed by atoms with Gasteiger partial charge >= 0.3 is 409 Å². The zero-order valence-corrected chi connectivity index (χ0v) is 39.3. The van der Waals surface area contributed by atoms with Gasteiger partial charge in [0.05, 0.1) is 21.9 Å². The first-order chi connectivity index (χ1) is 56.7. The van der Waals surface area contributed by atoms with Gasteiger partial charge in [0.15, 0.2) is 0 Å². The summed E-state index contributed by atoms with van der Waals surface area (Å²) in [5, 5.41) is -3.50. The van der Waals surface area contributed by atoms with Crippen LogP contribution in [0.15, 0.2) is 284 Å². The van der Waals surface area contributed by atoms with Crippen LogP contribution in [0, 0.1) is 0 Å². The van der Waals surface area contributed by atoms with E-state index >= 15 is 0 Å². The first-order valence-corrected chi connectivity index (χ1v) is 25.9. The molecule has 11 aromatic carbocycles. The molecule has 6 heteroatoms. The summed E-state index contributed by atoms with van der Waals surface area (Å²) in [4.78, 5) is 13.9. The van der Waals surface area contributed by atoms with Crippen LogP contribution in [-0.2, 0) is 0 Å². The van der Waals surface area contributed by atoms with E-state index in [1.54, 1.807) is 0 Å². The van der Waals surface area contributed by atoms with Gasteiger partial charge in [-0.2, -0.15) is 0 Å². The van der Waals surface area contributed by atoms with Crippen LogP contribution in [0.1, 0.15) is 64.4 Å². The van der Waals surface area contributed by atoms with Gasteiger partial charge in [0.25, 0.3) is 0 Å². The van der Waals surface area contributed by atoms with Crippen LogP contribution in [0.25, 0.3) is 100 Å². The second kappa shape index (κ2) is 18.6. The Morgan fingerprint density at radius 3 is 1.23 bits per heavy atom. The van der Waals surface area contributed by atoms with E-state index in [9.17, 15) is 41.1 Å². The molecule has 0 saturated carbocycles. The molecule has 3 heterocycles. The van der Waals surface area contributed by atoms with Crippen LogP contribution >= 0.6 is 0 Å². The van der Waals surface area contributed by atoms with E-state index in [0.29, 0.717) is 9.13 Å². The Morgan fingerprint density at radius 1 is 0.280 bits per heavy atom. The van der Waals surface area contributed by atoms with E-state index in [2.05, 4.69) is 15.0 Å². The van der Waals surface area contributed by atoms with Gasteiger partial charge in [0, 0.05) is 0 Å². The molecule has 14 rings (SSSR count). The average Bonchev–Trinajstić information content (AvgIpc) is 0.876. The first-order valence-electron chi connectivity index (χ1n) is 45.2. The van der Waals surface area contributed by atoms with Gasteiger partial charge in [-0.15, -0.1) is 0 Å². The summed E-state index contributed by atoms with van der Waals surface area (Å²) < 4.78 is 437. The van der Waals surface area contributed by atoms with Crippen molar-refractivity contribution in [3.63, 3.8) is 0 Å². The number of para-hydroxylation sites is 3. The molecule has 0 aliphatic carbocycles. The molecule has 352 valence electrons. The Kier molecular flexibility index (Phi) is 4.29. The largest absolute Gasteiger partial charge is 0.0629 e. The number of rotatable bonds is 10. The van der Waals surface area contributed by atoms with Crippen LogP contribution in [0.5, 0.6) is 0 Å². The minimum Gasteiger partial charge on any atom is -0.0617 e. The Morgan fingerprint density at radius 2 is 0.693 bits per heavy atom. The molecule has 5 nitrogen and oxygen atoms in total. The standard InChI is InChI=1S/C69H47GeN5/c1-6-23-48(24-7-1)50-41-43-65-60(46-50)61-47-51(49-25-8-2-9-26-49)42-44-66(61)75(65)69-72-67(71-68(73-69)59-37-18-21-40-64(59)74-62-38-19-16-35-57(62)58-36-17-20-39-63(58)74)52-27-22-34-56(45-52)70(53-28-10-3-11-29-53,54-30-12-4-13-31-54)55-32-14-5-15-33-55/h1-47H/i1D,2D,3D,4D,5D,6D,7D,8D,9D,10D,11D,12D,13D,14D,15D,16D,17D,18D,19D,20D,21D,22D,23D,24D,25D,26D,27D,28D,29D,30D,31D,32D,33D,34D,35D,36D,37D,38D,39D,40D,41D,42D,43D,44D,45D,46D,47D. The van der Waals surface area contributed by atoms with Gasteiger partial charge in [-0.1, -0.05) is 72.5 Å². The third-order valence-electron chi connectivity index (χ3n) is 11.6. The molecular formula is C69H47GeN5. The molecule has 3 aromatic heterocycles. The molecule has 14 aromatic rings. The maximum atomic E-state index is 10.9. The maximum Gasteiger partial charge on any atom is 0.0629 e. The van der Waals surface area contributed by atoms with Crippen LogP contribution in [-0.4, -0.2) is 37.4 Å². The molecule has 0 radical (unpaired) electrons. The number of benzene rings is 11. The van der Waals surface area contributed by atoms with E-state index in [-0.39, 0.29) is 0 Å². The zero-order valence-electron chi connectivity index (χ0n) is 84.2. The minimum atomic E-state index is -7.88. The number of nitrogens with zero attached hydrogens (tertiary/aromatic N) is 5. The molecule has 0 unspecified atom stereocenters. The summed E-state index contributed by atoms with van der Waals surface area (Å²) in [7, 11) is 0. The summed E-state index contributed by atoms with van der Waals surface area (Å²) in [6.07, 6.45) is 0. The van der Waals surface area contributed by atoms with Gasteiger partial charge in [-0.3, -0.25) is 0 Å². The maximum absolute atomic E-state index is 10.9. The predicted molar refractivity (Wildman–Crippen MR) is 314 cm³/mol. The molecule has 0 N–H and O–H groups in total. The van der Waals surface area contributed by atoms with Crippen molar-refractivity contribution >= 4 is 74.5 Å². The van der Waals surface area contributed by atoms with Gasteiger partial charge in [-0.05, 0) is 0 Å². The monoisotopic (exact) mass is 1070 g/mol. The molecule has 0 spiro atoms. The Labute approximate surface area is 503 Å². The van der Waals surface area contributed by atoms with Crippen LogP contribution < -0.4 is 17.6 Å². The van der Waals surface area contributed by atoms with Crippen molar-refractivity contribution < 1.29 is 64.4 Å². The minimum absolute atomic E-state index is 0.412. The van der Waals surface area contributed by atoms with Crippen molar-refractivity contribution in [2.75, 3.05) is 0 Å². The van der Waals surface area contributed by atoms with E-state index < -0.39 is 415 Å². The molecule has 0 atom stereocenters. The third-order valence-corrected chi connectivity index (χ3v) is 20.0. The van der Waals surface area contributed by atoms with Crippen molar-refractivity contribution in [1.29, 1.82) is 0 Å². The summed E-state index contributed by atoms with van der Waals surface area (Å²) in [6.45, 7) is 0. The molecule has 0 bridgehead atoms. The molecule has 0 amide bonds. The molecule has 0 aliphatic rings. The smallest absolute Gasteiger partial charge is 0.0617 e. The number of fused-ring (bicyclic) bond motifs is 6. The van der Waals surface area contributed by atoms with Crippen molar-refractivity contribution in [1.82, 2.24) is 24.1 Å². The zero-order chi connectivity index (χ0) is 90.6. The van der Waals surface area contributed by atoms with Crippen molar-refractivity contribution in [2.45, 2.75) is 0 Å². The second-order valence-corrected chi connectivity index (χ2v) is 22.9. The Balaban J connectivity index is 1.32. The summed E-state index contributed by atoms with van der Waals surface area (Å²) in [5.74, 6) is -4.36. The van der Waals surface area contributed by atoms with Gasteiger partial charge < -0.3 is 0 Å². The normalized spacial score (nSPS) is 20.5. The van der Waals surface area contributed by atoms with Crippen LogP contribution in [0.4, 0.5) is 0 Å². The van der Waals surface area contributed by atoms with Crippen molar-refractivity contribution in [2.24, 2.45) is 0 Å². The third kappa shape index (κ3) is 7.50. The quantitative estimate of drug-likeness (QED) is 0.128. The SMILES string of the molecule is [2H]c1c([2H])c([2H])c(-c2c([2H])c([2H])c3c(c2[2H])c2c([2H])c(-c4c([2H])c([2H])c([2H])c([2H])c4[2H])c([2H])c([2H])c2n3-c2nc(-c3c([2H])c([2H])c([2H])[c]([Ge]([c]4c([2H])c([2H])c([2H])c([2H])c4[2H])([c]4c([2H])c([2H])c([2H])c([2H])c4[2H])[c]4c([2H])c([2H])c([2H])c([2H])c4[2H])c3[2H])nc(-c3c([2H])c([2H])c([2H])c([2H])c3-n3c4c([2H])c([2H])c([2H])c([2H])c4c4c([2H])c([2H])c([2H])c([2H])c43)n2)c([2H])c1[2H]. The van der Waals surface area contributed by atoms with E-state index in [0.717, 1.165) is 0 Å². The summed E-state index contributed by atoms with van der Waals surface area (Å²) in [6, 6.07) is -59.8. The van der Waals surface area contributed by atoms with Gasteiger partial charge in [-0.25, -0.2) is 0 Å². The topological polar surface area (TPSA) is 48.5 Å². The van der Waals surface area contributed by atoms with Gasteiger partial charge in [0.2, 0.25) is 0 Å². The number of hydrogen-bond donors (Lipinski definition) is 0. The van der Waals surface area contributed by atoms with Gasteiger partial charge in [0.1, 0.15) is 0 Å². The fraction of sp³-hybridized carbons (Fsp3) is 0. The van der Waals surface area contributed by atoms with E-state index in [4.69, 9.17) is 23.3 Å². The number of aromatic nitrogens is 5. The Bertz CT molecular complexity index is 6760. The van der Waals surface area contributed by atoms with Crippen molar-refractivity contribution in [3.8, 4) is 56.7 Å². The molecule has 75 heavy (non-hydrogen) atoms. The average molecular weight is 1070 g/mol. The Hall–Kier alpha value is -9.43. The fourth-order valence-corrected chi connectivity index (χ4v) is 16.0. The first kappa shape index (κ1) is 17.3.